The molecule has 31 heavy (non-hydrogen) atoms. The molecule has 2 N–H and O–H groups in total. The van der Waals surface area contributed by atoms with Gasteiger partial charge in [-0.1, -0.05) is 11.3 Å². The molecule has 1 aromatic heterocycles. The molecule has 0 atom stereocenters. The quantitative estimate of drug-likeness (QED) is 0.641. The first-order chi connectivity index (χ1) is 14.8. The lowest BCUT2D eigenvalue weighted by Gasteiger charge is -2.25. The zero-order chi connectivity index (χ0) is 22.2. The van der Waals surface area contributed by atoms with Crippen LogP contribution < -0.4 is 24.8 Å². The second kappa shape index (κ2) is 8.52. The Bertz CT molecular complexity index is 1070. The van der Waals surface area contributed by atoms with Crippen LogP contribution in [0.1, 0.15) is 23.4 Å². The molecule has 2 aromatic rings. The maximum absolute atomic E-state index is 12.5. The summed E-state index contributed by atoms with van der Waals surface area (Å²) in [4.78, 5) is 17.8. The summed E-state index contributed by atoms with van der Waals surface area (Å²) in [6.07, 6.45) is 2.01. The van der Waals surface area contributed by atoms with E-state index in [0.29, 0.717) is 47.6 Å². The van der Waals surface area contributed by atoms with E-state index in [2.05, 4.69) is 15.6 Å². The Labute approximate surface area is 184 Å². The predicted molar refractivity (Wildman–Crippen MR) is 117 cm³/mol. The van der Waals surface area contributed by atoms with Gasteiger partial charge in [-0.25, -0.2) is 18.2 Å². The molecule has 12 heteroatoms. The van der Waals surface area contributed by atoms with Crippen LogP contribution in [0.15, 0.2) is 12.1 Å². The molecule has 4 rings (SSSR count). The number of nitrogens with zero attached hydrogens (tertiary/aromatic N) is 2. The molecule has 2 amide bonds. The summed E-state index contributed by atoms with van der Waals surface area (Å²) in [5.74, 6) is 1.26. The lowest BCUT2D eigenvalue weighted by Crippen LogP contribution is -2.37. The van der Waals surface area contributed by atoms with Gasteiger partial charge in [0, 0.05) is 36.5 Å². The third kappa shape index (κ3) is 4.41. The van der Waals surface area contributed by atoms with Gasteiger partial charge in [0.05, 0.1) is 38.0 Å². The molecule has 1 aliphatic heterocycles. The molecule has 1 fully saturated rings. The number of nitrogens with one attached hydrogen (secondary N) is 2. The number of urea groups is 1. The fourth-order valence-corrected chi connectivity index (χ4v) is 6.34. The number of benzene rings is 1. The van der Waals surface area contributed by atoms with Crippen LogP contribution in [0, 0.1) is 0 Å². The first kappa shape index (κ1) is 21.7. The fourth-order valence-electron chi connectivity index (χ4n) is 3.43. The topological polar surface area (TPSA) is 119 Å². The molecule has 168 valence electrons. The smallest absolute Gasteiger partial charge is 0.325 e. The van der Waals surface area contributed by atoms with Crippen LogP contribution in [0.3, 0.4) is 0 Å². The van der Waals surface area contributed by atoms with Crippen molar-refractivity contribution in [3.8, 4) is 17.2 Å². The van der Waals surface area contributed by atoms with E-state index in [1.807, 2.05) is 0 Å². The Morgan fingerprint density at radius 1 is 1.13 bits per heavy atom. The van der Waals surface area contributed by atoms with Gasteiger partial charge in [-0.3, -0.25) is 5.32 Å². The Hall–Kier alpha value is -2.57. The minimum absolute atomic E-state index is 0.233. The van der Waals surface area contributed by atoms with E-state index in [-0.39, 0.29) is 5.25 Å². The minimum atomic E-state index is -3.23. The molecule has 2 heterocycles. The van der Waals surface area contributed by atoms with Gasteiger partial charge in [-0.2, -0.15) is 4.31 Å². The van der Waals surface area contributed by atoms with Crippen molar-refractivity contribution in [3.05, 3.63) is 22.7 Å². The van der Waals surface area contributed by atoms with E-state index < -0.39 is 16.1 Å². The van der Waals surface area contributed by atoms with Crippen molar-refractivity contribution in [1.82, 2.24) is 9.29 Å². The van der Waals surface area contributed by atoms with Crippen molar-refractivity contribution in [1.29, 1.82) is 0 Å². The van der Waals surface area contributed by atoms with Crippen molar-refractivity contribution in [3.63, 3.8) is 0 Å². The number of methoxy groups -OCH3 is 3. The molecule has 0 spiro atoms. The average Bonchev–Trinajstić information content (AvgIpc) is 3.53. The Morgan fingerprint density at radius 3 is 2.39 bits per heavy atom. The van der Waals surface area contributed by atoms with E-state index in [1.54, 1.807) is 12.1 Å². The second-order valence-electron chi connectivity index (χ2n) is 7.21. The number of hydrogen-bond donors (Lipinski definition) is 2. The fraction of sp³-hybridized carbons (Fsp3) is 0.474. The van der Waals surface area contributed by atoms with Crippen molar-refractivity contribution in [2.45, 2.75) is 31.1 Å². The third-order valence-corrected chi connectivity index (χ3v) is 8.49. The maximum Gasteiger partial charge on any atom is 0.325 e. The van der Waals surface area contributed by atoms with Gasteiger partial charge < -0.3 is 19.5 Å². The van der Waals surface area contributed by atoms with Crippen LogP contribution in [0.2, 0.25) is 0 Å². The van der Waals surface area contributed by atoms with Crippen LogP contribution in [0.5, 0.6) is 17.2 Å². The molecule has 10 nitrogen and oxygen atoms in total. The van der Waals surface area contributed by atoms with E-state index >= 15 is 0 Å². The molecular formula is C19H24N4O6S2. The van der Waals surface area contributed by atoms with E-state index in [0.717, 1.165) is 23.4 Å². The molecule has 0 unspecified atom stereocenters. The first-order valence-electron chi connectivity index (χ1n) is 9.71. The van der Waals surface area contributed by atoms with Crippen LogP contribution in [-0.4, -0.2) is 56.9 Å². The summed E-state index contributed by atoms with van der Waals surface area (Å²) in [6, 6.07) is 2.76. The lowest BCUT2D eigenvalue weighted by molar-refractivity contribution is 0.262. The van der Waals surface area contributed by atoms with E-state index in [4.69, 9.17) is 14.2 Å². The molecule has 1 aromatic carbocycles. The zero-order valence-corrected chi connectivity index (χ0v) is 19.1. The maximum atomic E-state index is 12.5. The zero-order valence-electron chi connectivity index (χ0n) is 17.4. The summed E-state index contributed by atoms with van der Waals surface area (Å²) in [7, 11) is 1.26. The molecule has 2 aliphatic rings. The van der Waals surface area contributed by atoms with Gasteiger partial charge >= 0.3 is 6.03 Å². The molecule has 1 saturated carbocycles. The van der Waals surface area contributed by atoms with Crippen LogP contribution in [0.25, 0.3) is 0 Å². The number of fused-ring (bicyclic) bond motifs is 1. The number of anilines is 2. The Morgan fingerprint density at radius 2 is 1.81 bits per heavy atom. The summed E-state index contributed by atoms with van der Waals surface area (Å²) < 4.78 is 42.4. The van der Waals surface area contributed by atoms with Gasteiger partial charge in [0.25, 0.3) is 0 Å². The normalized spacial score (nSPS) is 16.4. The third-order valence-electron chi connectivity index (χ3n) is 5.14. The standard InChI is InChI=1S/C19H24N4O6S2/c1-27-14-8-11(9-15(28-2)17(14)29-3)20-18(24)22-19-21-13-6-7-23(10-16(13)30-19)31(25,26)12-4-5-12/h8-9,12H,4-7,10H2,1-3H3,(H2,20,21,22,24). The number of aromatic nitrogens is 1. The van der Waals surface area contributed by atoms with Gasteiger partial charge in [0.1, 0.15) is 0 Å². The number of hydrogen-bond acceptors (Lipinski definition) is 8. The molecular weight excluding hydrogens is 444 g/mol. The van der Waals surface area contributed by atoms with Gasteiger partial charge in [-0.05, 0) is 12.8 Å². The number of amides is 2. The molecule has 0 bridgehead atoms. The summed E-state index contributed by atoms with van der Waals surface area (Å²) in [5, 5.41) is 5.62. The van der Waals surface area contributed by atoms with Crippen molar-refractivity contribution in [2.75, 3.05) is 38.5 Å². The highest BCUT2D eigenvalue weighted by molar-refractivity contribution is 7.90. The van der Waals surface area contributed by atoms with Crippen LogP contribution >= 0.6 is 11.3 Å². The highest BCUT2D eigenvalue weighted by Gasteiger charge is 2.41. The number of sulfonamides is 1. The van der Waals surface area contributed by atoms with Crippen molar-refractivity contribution >= 4 is 38.2 Å². The van der Waals surface area contributed by atoms with Gasteiger partial charge in [0.2, 0.25) is 15.8 Å². The molecule has 0 saturated heterocycles. The number of rotatable bonds is 7. The Kier molecular flexibility index (Phi) is 5.95. The largest absolute Gasteiger partial charge is 0.493 e. The minimum Gasteiger partial charge on any atom is -0.493 e. The summed E-state index contributed by atoms with van der Waals surface area (Å²) in [5.41, 5.74) is 1.28. The highest BCUT2D eigenvalue weighted by Crippen LogP contribution is 2.40. The van der Waals surface area contributed by atoms with Gasteiger partial charge in [0.15, 0.2) is 16.6 Å². The predicted octanol–water partition coefficient (Wildman–Crippen LogP) is 2.66. The van der Waals surface area contributed by atoms with Crippen molar-refractivity contribution in [2.24, 2.45) is 0 Å². The number of carbonyl (C=O) groups is 1. The molecule has 0 radical (unpaired) electrons. The SMILES string of the molecule is COc1cc(NC(=O)Nc2nc3c(s2)CN(S(=O)(=O)C2CC2)CC3)cc(OC)c1OC. The molecule has 1 aliphatic carbocycles. The summed E-state index contributed by atoms with van der Waals surface area (Å²) >= 11 is 1.29. The van der Waals surface area contributed by atoms with Crippen LogP contribution in [0.4, 0.5) is 15.6 Å². The Balaban J connectivity index is 1.44. The second-order valence-corrected chi connectivity index (χ2v) is 10.5. The number of carbonyl (C=O) groups excluding carboxylic acids is 1. The van der Waals surface area contributed by atoms with E-state index in [1.165, 1.54) is 37.0 Å². The van der Waals surface area contributed by atoms with E-state index in [9.17, 15) is 13.2 Å². The van der Waals surface area contributed by atoms with Gasteiger partial charge in [-0.15, -0.1) is 0 Å². The van der Waals surface area contributed by atoms with Crippen LogP contribution in [-0.2, 0) is 23.0 Å². The highest BCUT2D eigenvalue weighted by atomic mass is 32.2. The lowest BCUT2D eigenvalue weighted by atomic mass is 10.2. The number of ether oxygens (including phenoxy) is 3. The first-order valence-corrected chi connectivity index (χ1v) is 12.0. The monoisotopic (exact) mass is 468 g/mol. The summed E-state index contributed by atoms with van der Waals surface area (Å²) in [6.45, 7) is 0.731. The average molecular weight is 469 g/mol. The number of thiazole rings is 1. The van der Waals surface area contributed by atoms with Crippen molar-refractivity contribution < 1.29 is 27.4 Å².